The molecule has 1 saturated carbocycles. The van der Waals surface area contributed by atoms with Gasteiger partial charge in [-0.05, 0) is 17.4 Å². The monoisotopic (exact) mass is 339 g/mol. The fourth-order valence-electron chi connectivity index (χ4n) is 2.45. The maximum atomic E-state index is 12.4. The lowest BCUT2D eigenvalue weighted by molar-refractivity contribution is -0.159. The fraction of sp³-hybridized carbons (Fsp3) is 0.438. The van der Waals surface area contributed by atoms with E-state index in [4.69, 9.17) is 0 Å². The number of aromatic nitrogens is 2. The van der Waals surface area contributed by atoms with Crippen molar-refractivity contribution < 1.29 is 22.5 Å². The van der Waals surface area contributed by atoms with E-state index in [9.17, 15) is 18.0 Å². The van der Waals surface area contributed by atoms with Crippen molar-refractivity contribution in [1.82, 2.24) is 15.5 Å². The van der Waals surface area contributed by atoms with Gasteiger partial charge < -0.3 is 9.84 Å². The van der Waals surface area contributed by atoms with Gasteiger partial charge >= 0.3 is 12.1 Å². The van der Waals surface area contributed by atoms with Crippen LogP contribution in [0.5, 0.6) is 0 Å². The molecule has 1 heterocycles. The highest BCUT2D eigenvalue weighted by Crippen LogP contribution is 2.51. The van der Waals surface area contributed by atoms with Crippen molar-refractivity contribution in [2.24, 2.45) is 11.3 Å². The van der Waals surface area contributed by atoms with Crippen LogP contribution in [0.3, 0.4) is 0 Å². The number of alkyl halides is 3. The maximum Gasteiger partial charge on any atom is 0.471 e. The summed E-state index contributed by atoms with van der Waals surface area (Å²) in [4.78, 5) is 15.3. The first kappa shape index (κ1) is 16.5. The van der Waals surface area contributed by atoms with Gasteiger partial charge in [-0.3, -0.25) is 4.79 Å². The van der Waals surface area contributed by atoms with Crippen molar-refractivity contribution in [3.63, 3.8) is 0 Å². The average molecular weight is 339 g/mol. The highest BCUT2D eigenvalue weighted by Gasteiger charge is 2.50. The van der Waals surface area contributed by atoms with Crippen molar-refractivity contribution in [2.75, 3.05) is 0 Å². The van der Waals surface area contributed by atoms with Crippen LogP contribution in [0, 0.1) is 11.3 Å². The van der Waals surface area contributed by atoms with E-state index in [-0.39, 0.29) is 23.1 Å². The van der Waals surface area contributed by atoms with E-state index in [1.54, 1.807) is 24.3 Å². The predicted molar refractivity (Wildman–Crippen MR) is 78.5 cm³/mol. The Kier molecular flexibility index (Phi) is 3.85. The van der Waals surface area contributed by atoms with Gasteiger partial charge in [-0.1, -0.05) is 43.3 Å². The average Bonchev–Trinajstić information content (AvgIpc) is 2.94. The molecule has 8 heteroatoms. The van der Waals surface area contributed by atoms with Gasteiger partial charge in [-0.2, -0.15) is 18.2 Å². The summed E-state index contributed by atoms with van der Waals surface area (Å²) in [5.41, 5.74) is 1.32. The Bertz CT molecular complexity index is 751. The van der Waals surface area contributed by atoms with Crippen LogP contribution in [0.2, 0.25) is 0 Å². The highest BCUT2D eigenvalue weighted by molar-refractivity contribution is 5.82. The maximum absolute atomic E-state index is 12.4. The van der Waals surface area contributed by atoms with Gasteiger partial charge in [0, 0.05) is 18.0 Å². The third-order valence-electron chi connectivity index (χ3n) is 4.18. The number of halogens is 3. The molecule has 128 valence electrons. The molecule has 0 spiro atoms. The molecule has 1 fully saturated rings. The van der Waals surface area contributed by atoms with Crippen molar-refractivity contribution in [3.05, 3.63) is 35.7 Å². The summed E-state index contributed by atoms with van der Waals surface area (Å²) in [5, 5.41) is 6.19. The summed E-state index contributed by atoms with van der Waals surface area (Å²) in [7, 11) is 0. The minimum absolute atomic E-state index is 0.0251. The van der Waals surface area contributed by atoms with Gasteiger partial charge in [0.1, 0.15) is 0 Å². The lowest BCUT2D eigenvalue weighted by Gasteiger charge is -2.07. The van der Waals surface area contributed by atoms with Gasteiger partial charge in [0.05, 0.1) is 0 Å². The first-order valence-electron chi connectivity index (χ1n) is 7.45. The number of nitrogens with zero attached hydrogens (tertiary/aromatic N) is 2. The Morgan fingerprint density at radius 3 is 2.46 bits per heavy atom. The van der Waals surface area contributed by atoms with E-state index in [2.05, 4.69) is 20.0 Å². The zero-order chi connectivity index (χ0) is 17.5. The lowest BCUT2D eigenvalue weighted by atomic mass is 10.1. The fourth-order valence-corrected chi connectivity index (χ4v) is 2.45. The molecule has 0 saturated heterocycles. The molecule has 1 aromatic carbocycles. The molecule has 0 radical (unpaired) electrons. The van der Waals surface area contributed by atoms with Gasteiger partial charge in [0.25, 0.3) is 0 Å². The third-order valence-corrected chi connectivity index (χ3v) is 4.18. The topological polar surface area (TPSA) is 68.0 Å². The van der Waals surface area contributed by atoms with Crippen LogP contribution in [-0.2, 0) is 17.5 Å². The van der Waals surface area contributed by atoms with Crippen LogP contribution in [0.15, 0.2) is 28.8 Å². The van der Waals surface area contributed by atoms with Gasteiger partial charge in [0.15, 0.2) is 0 Å². The molecule has 0 aliphatic heterocycles. The standard InChI is InChI=1S/C16H16F3N3O2/c1-15(2)7-11(15)13(23)20-8-9-3-5-10(6-4-9)12-21-14(24-22-12)16(17,18)19/h3-6,11H,7-8H2,1-2H3,(H,20,23). The van der Waals surface area contributed by atoms with Crippen molar-refractivity contribution >= 4 is 5.91 Å². The number of hydrogen-bond acceptors (Lipinski definition) is 4. The number of nitrogens with one attached hydrogen (secondary N) is 1. The first-order valence-corrected chi connectivity index (χ1v) is 7.45. The molecule has 1 aromatic heterocycles. The van der Waals surface area contributed by atoms with Gasteiger partial charge in [-0.25, -0.2) is 0 Å². The van der Waals surface area contributed by atoms with E-state index in [0.717, 1.165) is 12.0 Å². The zero-order valence-electron chi connectivity index (χ0n) is 13.1. The molecule has 3 rings (SSSR count). The SMILES string of the molecule is CC1(C)CC1C(=O)NCc1ccc(-c2noc(C(F)(F)F)n2)cc1. The molecule has 0 bridgehead atoms. The molecule has 24 heavy (non-hydrogen) atoms. The minimum Gasteiger partial charge on any atom is -0.352 e. The summed E-state index contributed by atoms with van der Waals surface area (Å²) >= 11 is 0. The number of rotatable bonds is 4. The summed E-state index contributed by atoms with van der Waals surface area (Å²) in [6, 6.07) is 6.59. The molecule has 1 aliphatic rings. The molecule has 1 N–H and O–H groups in total. The van der Waals surface area contributed by atoms with Crippen LogP contribution >= 0.6 is 0 Å². The summed E-state index contributed by atoms with van der Waals surface area (Å²) in [5.74, 6) is -1.42. The normalized spacial score (nSPS) is 19.1. The molecule has 1 amide bonds. The van der Waals surface area contributed by atoms with Crippen molar-refractivity contribution in [3.8, 4) is 11.4 Å². The Morgan fingerprint density at radius 1 is 1.33 bits per heavy atom. The van der Waals surface area contributed by atoms with E-state index in [1.165, 1.54) is 0 Å². The predicted octanol–water partition coefficient (Wildman–Crippen LogP) is 3.42. The number of hydrogen-bond donors (Lipinski definition) is 1. The second-order valence-electron chi connectivity index (χ2n) is 6.58. The number of benzene rings is 1. The summed E-state index contributed by atoms with van der Waals surface area (Å²) in [6.07, 6.45) is -3.77. The van der Waals surface area contributed by atoms with E-state index in [0.29, 0.717) is 12.1 Å². The zero-order valence-corrected chi connectivity index (χ0v) is 13.1. The Morgan fingerprint density at radius 2 is 1.96 bits per heavy atom. The smallest absolute Gasteiger partial charge is 0.352 e. The largest absolute Gasteiger partial charge is 0.471 e. The minimum atomic E-state index is -4.66. The number of amides is 1. The molecule has 1 unspecified atom stereocenters. The molecule has 5 nitrogen and oxygen atoms in total. The van der Waals surface area contributed by atoms with E-state index in [1.807, 2.05) is 13.8 Å². The second kappa shape index (κ2) is 5.61. The third kappa shape index (κ3) is 3.42. The van der Waals surface area contributed by atoms with Gasteiger partial charge in [0.2, 0.25) is 11.7 Å². The quantitative estimate of drug-likeness (QED) is 0.927. The Balaban J connectivity index is 1.61. The summed E-state index contributed by atoms with van der Waals surface area (Å²) < 4.78 is 41.5. The Hall–Kier alpha value is -2.38. The van der Waals surface area contributed by atoms with E-state index < -0.39 is 12.1 Å². The van der Waals surface area contributed by atoms with Crippen molar-refractivity contribution in [1.29, 1.82) is 0 Å². The first-order chi connectivity index (χ1) is 11.2. The molecular weight excluding hydrogens is 323 g/mol. The molecule has 1 aliphatic carbocycles. The van der Waals surface area contributed by atoms with Gasteiger partial charge in [-0.15, -0.1) is 0 Å². The lowest BCUT2D eigenvalue weighted by Crippen LogP contribution is -2.25. The molecule has 1 atom stereocenters. The second-order valence-corrected chi connectivity index (χ2v) is 6.58. The van der Waals surface area contributed by atoms with Crippen molar-refractivity contribution in [2.45, 2.75) is 33.0 Å². The Labute approximate surface area is 136 Å². The molecular formula is C16H16F3N3O2. The summed E-state index contributed by atoms with van der Waals surface area (Å²) in [6.45, 7) is 4.46. The number of carbonyl (C=O) groups is 1. The van der Waals surface area contributed by atoms with E-state index >= 15 is 0 Å². The van der Waals surface area contributed by atoms with Crippen LogP contribution in [0.4, 0.5) is 13.2 Å². The van der Waals surface area contributed by atoms with Crippen LogP contribution in [-0.4, -0.2) is 16.0 Å². The molecule has 2 aromatic rings. The van der Waals surface area contributed by atoms with Crippen LogP contribution in [0.25, 0.3) is 11.4 Å². The number of carbonyl (C=O) groups excluding carboxylic acids is 1. The highest BCUT2D eigenvalue weighted by atomic mass is 19.4. The van der Waals surface area contributed by atoms with Crippen LogP contribution < -0.4 is 5.32 Å². The van der Waals surface area contributed by atoms with Crippen LogP contribution in [0.1, 0.15) is 31.7 Å².